The predicted octanol–water partition coefficient (Wildman–Crippen LogP) is 1.91. The maximum absolute atomic E-state index is 10.8. The number of rotatable bonds is 0. The number of hydrogen-bond acceptors (Lipinski definition) is 2. The van der Waals surface area contributed by atoms with Crippen molar-refractivity contribution in [3.63, 3.8) is 0 Å². The second-order valence-corrected chi connectivity index (χ2v) is 4.26. The Bertz CT molecular complexity index is 125. The molecule has 0 aromatic rings. The maximum Gasteiger partial charge on any atom is 0.305 e. The molecule has 1 aliphatic rings. The summed E-state index contributed by atoms with van der Waals surface area (Å²) in [4.78, 5) is 10.8. The van der Waals surface area contributed by atoms with Crippen LogP contribution >= 0.6 is 22.6 Å². The number of carbonyl (C=O) groups is 1. The van der Waals surface area contributed by atoms with Crippen LogP contribution in [0.15, 0.2) is 0 Å². The highest BCUT2D eigenvalue weighted by molar-refractivity contribution is 14.1. The van der Waals surface area contributed by atoms with E-state index in [0.717, 1.165) is 12.8 Å². The van der Waals surface area contributed by atoms with Gasteiger partial charge in [0.25, 0.3) is 0 Å². The summed E-state index contributed by atoms with van der Waals surface area (Å²) < 4.78 is 5.56. The minimum atomic E-state index is -0.0265. The van der Waals surface area contributed by atoms with Gasteiger partial charge in [-0.3, -0.25) is 4.79 Å². The minimum absolute atomic E-state index is 0.0265. The van der Waals surface area contributed by atoms with Gasteiger partial charge in [0.15, 0.2) is 0 Å². The number of halogens is 1. The molecule has 1 heterocycles. The second-order valence-electron chi connectivity index (χ2n) is 2.50. The predicted molar refractivity (Wildman–Crippen MR) is 47.2 cm³/mol. The van der Waals surface area contributed by atoms with Gasteiger partial charge < -0.3 is 4.74 Å². The van der Waals surface area contributed by atoms with Gasteiger partial charge in [-0.1, -0.05) is 22.6 Å². The molecule has 0 aromatic heterocycles. The number of hydrogen-bond donors (Lipinski definition) is 0. The normalized spacial score (nSPS) is 28.5. The standard InChI is InChI=1S/C7H11IO2/c8-6-2-1-5-10-7(9)4-3-6/h6H,1-5H2. The van der Waals surface area contributed by atoms with Crippen LogP contribution in [0.5, 0.6) is 0 Å². The molecule has 0 N–H and O–H groups in total. The zero-order valence-corrected chi connectivity index (χ0v) is 7.96. The smallest absolute Gasteiger partial charge is 0.305 e. The first-order chi connectivity index (χ1) is 4.79. The molecule has 2 nitrogen and oxygen atoms in total. The molecule has 1 fully saturated rings. The van der Waals surface area contributed by atoms with Gasteiger partial charge in [-0.2, -0.15) is 0 Å². The highest BCUT2D eigenvalue weighted by Crippen LogP contribution is 2.17. The molecule has 0 amide bonds. The lowest BCUT2D eigenvalue weighted by molar-refractivity contribution is -0.144. The van der Waals surface area contributed by atoms with Crippen LogP contribution in [-0.2, 0) is 9.53 Å². The Morgan fingerprint density at radius 3 is 3.10 bits per heavy atom. The van der Waals surface area contributed by atoms with Crippen molar-refractivity contribution in [2.24, 2.45) is 0 Å². The molecule has 1 rings (SSSR count). The number of cyclic esters (lactones) is 1. The summed E-state index contributed by atoms with van der Waals surface area (Å²) in [7, 11) is 0. The first kappa shape index (κ1) is 8.30. The van der Waals surface area contributed by atoms with Crippen LogP contribution < -0.4 is 0 Å². The summed E-state index contributed by atoms with van der Waals surface area (Å²) >= 11 is 2.40. The fourth-order valence-corrected chi connectivity index (χ4v) is 1.73. The third-order valence-electron chi connectivity index (χ3n) is 1.59. The lowest BCUT2D eigenvalue weighted by Gasteiger charge is -2.13. The van der Waals surface area contributed by atoms with E-state index in [0.29, 0.717) is 17.0 Å². The molecule has 10 heavy (non-hydrogen) atoms. The van der Waals surface area contributed by atoms with E-state index in [-0.39, 0.29) is 5.97 Å². The van der Waals surface area contributed by atoms with E-state index in [1.54, 1.807) is 0 Å². The molecule has 1 atom stereocenters. The summed E-state index contributed by atoms with van der Waals surface area (Å²) in [5, 5.41) is 0. The molecule has 1 unspecified atom stereocenters. The molecule has 58 valence electrons. The summed E-state index contributed by atoms with van der Waals surface area (Å²) in [5.41, 5.74) is 0. The van der Waals surface area contributed by atoms with E-state index < -0.39 is 0 Å². The molecule has 0 aromatic carbocycles. The van der Waals surface area contributed by atoms with E-state index >= 15 is 0 Å². The summed E-state index contributed by atoms with van der Waals surface area (Å²) in [6.45, 7) is 0.623. The van der Waals surface area contributed by atoms with Gasteiger partial charge in [0.1, 0.15) is 0 Å². The van der Waals surface area contributed by atoms with Gasteiger partial charge in [0.05, 0.1) is 6.61 Å². The van der Waals surface area contributed by atoms with Gasteiger partial charge in [0, 0.05) is 10.3 Å². The van der Waals surface area contributed by atoms with E-state index in [9.17, 15) is 4.79 Å². The Labute approximate surface area is 74.5 Å². The third-order valence-corrected chi connectivity index (χ3v) is 2.83. The number of ether oxygens (including phenoxy) is 1. The molecule has 0 saturated carbocycles. The summed E-state index contributed by atoms with van der Waals surface area (Å²) in [6.07, 6.45) is 3.81. The first-order valence-corrected chi connectivity index (χ1v) is 4.83. The zero-order valence-electron chi connectivity index (χ0n) is 5.81. The topological polar surface area (TPSA) is 26.3 Å². The van der Waals surface area contributed by atoms with Gasteiger partial charge in [-0.25, -0.2) is 0 Å². The zero-order chi connectivity index (χ0) is 7.40. The van der Waals surface area contributed by atoms with Crippen LogP contribution in [0.4, 0.5) is 0 Å². The third kappa shape index (κ3) is 2.86. The molecule has 0 bridgehead atoms. The monoisotopic (exact) mass is 254 g/mol. The highest BCUT2D eigenvalue weighted by Gasteiger charge is 2.12. The Balaban J connectivity index is 2.29. The lowest BCUT2D eigenvalue weighted by atomic mass is 10.1. The SMILES string of the molecule is O=C1CCC(I)CCCO1. The van der Waals surface area contributed by atoms with Crippen molar-refractivity contribution in [1.29, 1.82) is 0 Å². The largest absolute Gasteiger partial charge is 0.466 e. The van der Waals surface area contributed by atoms with Gasteiger partial charge >= 0.3 is 5.97 Å². The van der Waals surface area contributed by atoms with Crippen LogP contribution in [-0.4, -0.2) is 16.5 Å². The Hall–Kier alpha value is 0.200. The van der Waals surface area contributed by atoms with Crippen LogP contribution in [0, 0.1) is 0 Å². The minimum Gasteiger partial charge on any atom is -0.466 e. The molecular weight excluding hydrogens is 243 g/mol. The first-order valence-electron chi connectivity index (χ1n) is 3.59. The van der Waals surface area contributed by atoms with E-state index in [2.05, 4.69) is 22.6 Å². The molecule has 0 radical (unpaired) electrons. The van der Waals surface area contributed by atoms with Gasteiger partial charge in [-0.05, 0) is 19.3 Å². The Morgan fingerprint density at radius 2 is 2.30 bits per heavy atom. The van der Waals surface area contributed by atoms with Crippen LogP contribution in [0.1, 0.15) is 25.7 Å². The van der Waals surface area contributed by atoms with Gasteiger partial charge in [-0.15, -0.1) is 0 Å². The van der Waals surface area contributed by atoms with E-state index in [4.69, 9.17) is 4.74 Å². The Kier molecular flexibility index (Phi) is 3.45. The molecule has 1 aliphatic heterocycles. The van der Waals surface area contributed by atoms with Crippen molar-refractivity contribution in [1.82, 2.24) is 0 Å². The Morgan fingerprint density at radius 1 is 1.50 bits per heavy atom. The van der Waals surface area contributed by atoms with Crippen LogP contribution in [0.3, 0.4) is 0 Å². The van der Waals surface area contributed by atoms with Gasteiger partial charge in [0.2, 0.25) is 0 Å². The fourth-order valence-electron chi connectivity index (χ4n) is 0.982. The molecule has 0 aliphatic carbocycles. The van der Waals surface area contributed by atoms with Crippen molar-refractivity contribution in [3.8, 4) is 0 Å². The molecular formula is C7H11IO2. The van der Waals surface area contributed by atoms with Crippen molar-refractivity contribution >= 4 is 28.6 Å². The lowest BCUT2D eigenvalue weighted by Crippen LogP contribution is -2.13. The van der Waals surface area contributed by atoms with Crippen molar-refractivity contribution < 1.29 is 9.53 Å². The second kappa shape index (κ2) is 4.16. The number of carbonyl (C=O) groups excluding carboxylic acids is 1. The molecule has 0 spiro atoms. The van der Waals surface area contributed by atoms with Crippen LogP contribution in [0.2, 0.25) is 0 Å². The maximum atomic E-state index is 10.8. The molecule has 3 heteroatoms. The van der Waals surface area contributed by atoms with E-state index in [1.807, 2.05) is 0 Å². The van der Waals surface area contributed by atoms with Crippen LogP contribution in [0.25, 0.3) is 0 Å². The number of alkyl halides is 1. The quantitative estimate of drug-likeness (QED) is 0.375. The summed E-state index contributed by atoms with van der Waals surface area (Å²) in [6, 6.07) is 0. The van der Waals surface area contributed by atoms with Crippen molar-refractivity contribution in [2.45, 2.75) is 29.6 Å². The fraction of sp³-hybridized carbons (Fsp3) is 0.857. The van der Waals surface area contributed by atoms with Crippen molar-refractivity contribution in [3.05, 3.63) is 0 Å². The number of esters is 1. The molecule has 1 saturated heterocycles. The summed E-state index contributed by atoms with van der Waals surface area (Å²) in [5.74, 6) is -0.0265. The average molecular weight is 254 g/mol. The highest BCUT2D eigenvalue weighted by atomic mass is 127. The van der Waals surface area contributed by atoms with Crippen molar-refractivity contribution in [2.75, 3.05) is 6.61 Å². The van der Waals surface area contributed by atoms with E-state index in [1.165, 1.54) is 6.42 Å². The average Bonchev–Trinajstić information content (AvgIpc) is 1.90.